The molecule has 4 aliphatic carbocycles. The van der Waals surface area contributed by atoms with Crippen LogP contribution in [-0.4, -0.2) is 35.6 Å². The van der Waals surface area contributed by atoms with Crippen molar-refractivity contribution in [1.82, 2.24) is 5.32 Å². The number of ether oxygens (including phenoxy) is 1. The number of nitrogens with one attached hydrogen (secondary N) is 1. The number of carboxylic acid groups (broad SMARTS) is 1. The van der Waals surface area contributed by atoms with Gasteiger partial charge in [0.1, 0.15) is 12.6 Å². The average molecular weight is 574 g/mol. The minimum absolute atomic E-state index is 0.0293. The number of hydrogen-bond acceptors (Lipinski definition) is 4. The predicted molar refractivity (Wildman–Crippen MR) is 162 cm³/mol. The molecule has 0 bridgehead atoms. The van der Waals surface area contributed by atoms with Gasteiger partial charge < -0.3 is 15.2 Å². The topological polar surface area (TPSA) is 92.7 Å². The molecule has 2 N–H and O–H groups in total. The molecule has 6 nitrogen and oxygen atoms in total. The third-order valence-electron chi connectivity index (χ3n) is 12.7. The van der Waals surface area contributed by atoms with Gasteiger partial charge in [0.05, 0.1) is 0 Å². The van der Waals surface area contributed by atoms with E-state index in [9.17, 15) is 14.4 Å². The van der Waals surface area contributed by atoms with Crippen molar-refractivity contribution in [3.05, 3.63) is 0 Å². The lowest BCUT2D eigenvalue weighted by Gasteiger charge is -2.61. The second kappa shape index (κ2) is 14.3. The number of rotatable bonds is 14. The Bertz CT molecular complexity index is 905. The fourth-order valence-electron chi connectivity index (χ4n) is 10.4. The van der Waals surface area contributed by atoms with Gasteiger partial charge in [-0.15, -0.1) is 0 Å². The van der Waals surface area contributed by atoms with Crippen LogP contribution in [-0.2, 0) is 19.1 Å². The molecule has 0 heterocycles. The standard InChI is InChI=1S/C35H59NO5/c1-5-6-7-8-9-10-11-33(40)41-26-18-20-34(3)25(22-26)13-14-27-29-16-15-28(35(29,4)21-19-30(27)34)24(2)12-17-31(37)36-23-32(38)39/h24-30H,5-23H2,1-4H3,(H,36,37)(H,38,39). The van der Waals surface area contributed by atoms with E-state index in [1.165, 1.54) is 70.6 Å². The van der Waals surface area contributed by atoms with Gasteiger partial charge in [-0.05, 0) is 117 Å². The van der Waals surface area contributed by atoms with E-state index in [2.05, 4.69) is 33.0 Å². The maximum Gasteiger partial charge on any atom is 0.322 e. The summed E-state index contributed by atoms with van der Waals surface area (Å²) < 4.78 is 6.05. The number of hydrogen-bond donors (Lipinski definition) is 2. The minimum atomic E-state index is -0.990. The van der Waals surface area contributed by atoms with E-state index in [-0.39, 0.29) is 24.5 Å². The second-order valence-corrected chi connectivity index (χ2v) is 15.0. The highest BCUT2D eigenvalue weighted by Crippen LogP contribution is 2.68. The number of esters is 1. The van der Waals surface area contributed by atoms with Gasteiger partial charge in [0.25, 0.3) is 0 Å². The molecule has 1 amide bonds. The maximum absolute atomic E-state index is 12.6. The van der Waals surface area contributed by atoms with Crippen LogP contribution in [0.15, 0.2) is 0 Å². The van der Waals surface area contributed by atoms with E-state index < -0.39 is 5.97 Å². The molecule has 234 valence electrons. The first-order chi connectivity index (χ1) is 19.6. The van der Waals surface area contributed by atoms with Gasteiger partial charge in [0.2, 0.25) is 5.91 Å². The van der Waals surface area contributed by atoms with Crippen LogP contribution in [0.5, 0.6) is 0 Å². The summed E-state index contributed by atoms with van der Waals surface area (Å²) in [6.45, 7) is 9.40. The fraction of sp³-hybridized carbons (Fsp3) is 0.914. The van der Waals surface area contributed by atoms with Gasteiger partial charge in [0.15, 0.2) is 0 Å². The molecular weight excluding hydrogens is 514 g/mol. The fourth-order valence-corrected chi connectivity index (χ4v) is 10.4. The Kier molecular flexibility index (Phi) is 11.2. The Hall–Kier alpha value is -1.59. The molecule has 4 aliphatic rings. The SMILES string of the molecule is CCCCCCCCC(=O)OC1CCC2(C)C(CCC3C2CCC2(C)C(C(C)CCC(=O)NCC(=O)O)CCC32)C1. The monoisotopic (exact) mass is 573 g/mol. The summed E-state index contributed by atoms with van der Waals surface area (Å²) in [5.74, 6) is 3.07. The Morgan fingerprint density at radius 1 is 0.878 bits per heavy atom. The van der Waals surface area contributed by atoms with E-state index in [0.29, 0.717) is 41.4 Å². The molecule has 0 saturated heterocycles. The summed E-state index contributed by atoms with van der Waals surface area (Å²) >= 11 is 0. The molecule has 41 heavy (non-hydrogen) atoms. The molecule has 4 rings (SSSR count). The van der Waals surface area contributed by atoms with Crippen molar-refractivity contribution >= 4 is 17.8 Å². The molecular formula is C35H59NO5. The summed E-state index contributed by atoms with van der Waals surface area (Å²) in [6, 6.07) is 0. The average Bonchev–Trinajstić information content (AvgIpc) is 3.30. The Morgan fingerprint density at radius 2 is 1.59 bits per heavy atom. The molecule has 9 atom stereocenters. The number of aliphatic carboxylic acids is 1. The van der Waals surface area contributed by atoms with Crippen molar-refractivity contribution in [1.29, 1.82) is 0 Å². The molecule has 0 spiro atoms. The summed E-state index contributed by atoms with van der Waals surface area (Å²) in [7, 11) is 0. The normalized spacial score (nSPS) is 36.9. The van der Waals surface area contributed by atoms with E-state index in [0.717, 1.165) is 49.9 Å². The third-order valence-corrected chi connectivity index (χ3v) is 12.7. The van der Waals surface area contributed by atoms with Gasteiger partial charge >= 0.3 is 11.9 Å². The van der Waals surface area contributed by atoms with Crippen LogP contribution in [0.1, 0.15) is 143 Å². The molecule has 0 aromatic heterocycles. The van der Waals surface area contributed by atoms with E-state index in [1.54, 1.807) is 0 Å². The molecule has 0 aromatic carbocycles. The largest absolute Gasteiger partial charge is 0.480 e. The van der Waals surface area contributed by atoms with Gasteiger partial charge in [-0.3, -0.25) is 14.4 Å². The zero-order valence-electron chi connectivity index (χ0n) is 26.6. The summed E-state index contributed by atoms with van der Waals surface area (Å²) in [5.41, 5.74) is 0.725. The number of amides is 1. The molecule has 0 aromatic rings. The number of carboxylic acids is 1. The number of unbranched alkanes of at least 4 members (excludes halogenated alkanes) is 5. The van der Waals surface area contributed by atoms with Crippen molar-refractivity contribution in [2.75, 3.05) is 6.54 Å². The lowest BCUT2D eigenvalue weighted by molar-refractivity contribution is -0.162. The first-order valence-corrected chi connectivity index (χ1v) is 17.3. The molecule has 6 heteroatoms. The highest BCUT2D eigenvalue weighted by molar-refractivity contribution is 5.81. The van der Waals surface area contributed by atoms with Crippen molar-refractivity contribution in [3.63, 3.8) is 0 Å². The first-order valence-electron chi connectivity index (χ1n) is 17.3. The second-order valence-electron chi connectivity index (χ2n) is 15.0. The summed E-state index contributed by atoms with van der Waals surface area (Å²) in [5, 5.41) is 11.4. The highest BCUT2D eigenvalue weighted by Gasteiger charge is 2.60. The number of carbonyl (C=O) groups excluding carboxylic acids is 2. The van der Waals surface area contributed by atoms with Gasteiger partial charge in [-0.2, -0.15) is 0 Å². The zero-order chi connectivity index (χ0) is 29.6. The van der Waals surface area contributed by atoms with Crippen molar-refractivity contribution in [2.24, 2.45) is 46.3 Å². The molecule has 0 radical (unpaired) electrons. The quantitative estimate of drug-likeness (QED) is 0.163. The molecule has 4 saturated carbocycles. The smallest absolute Gasteiger partial charge is 0.322 e. The minimum Gasteiger partial charge on any atom is -0.480 e. The molecule has 9 unspecified atom stereocenters. The van der Waals surface area contributed by atoms with Crippen LogP contribution in [0.4, 0.5) is 0 Å². The van der Waals surface area contributed by atoms with Crippen LogP contribution in [0, 0.1) is 46.3 Å². The lowest BCUT2D eigenvalue weighted by Crippen LogP contribution is -2.54. The van der Waals surface area contributed by atoms with E-state index >= 15 is 0 Å². The number of fused-ring (bicyclic) bond motifs is 5. The highest BCUT2D eigenvalue weighted by atomic mass is 16.5. The maximum atomic E-state index is 12.6. The number of carbonyl (C=O) groups is 3. The Balaban J connectivity index is 1.27. The predicted octanol–water partition coefficient (Wildman–Crippen LogP) is 7.92. The molecule has 0 aliphatic heterocycles. The van der Waals surface area contributed by atoms with Crippen molar-refractivity contribution < 1.29 is 24.2 Å². The summed E-state index contributed by atoms with van der Waals surface area (Å²) in [4.78, 5) is 35.5. The van der Waals surface area contributed by atoms with Crippen LogP contribution in [0.3, 0.4) is 0 Å². The van der Waals surface area contributed by atoms with Gasteiger partial charge in [-0.1, -0.05) is 59.8 Å². The van der Waals surface area contributed by atoms with Crippen LogP contribution in [0.25, 0.3) is 0 Å². The van der Waals surface area contributed by atoms with Crippen LogP contribution >= 0.6 is 0 Å². The third kappa shape index (κ3) is 7.50. The first kappa shape index (κ1) is 32.3. The van der Waals surface area contributed by atoms with Crippen LogP contribution < -0.4 is 5.32 Å². The van der Waals surface area contributed by atoms with Crippen molar-refractivity contribution in [3.8, 4) is 0 Å². The van der Waals surface area contributed by atoms with Crippen molar-refractivity contribution in [2.45, 2.75) is 149 Å². The van der Waals surface area contributed by atoms with E-state index in [4.69, 9.17) is 9.84 Å². The van der Waals surface area contributed by atoms with E-state index in [1.807, 2.05) is 0 Å². The lowest BCUT2D eigenvalue weighted by atomic mass is 9.44. The molecule has 4 fully saturated rings. The van der Waals surface area contributed by atoms with Gasteiger partial charge in [0, 0.05) is 12.8 Å². The Morgan fingerprint density at radius 3 is 2.34 bits per heavy atom. The van der Waals surface area contributed by atoms with Gasteiger partial charge in [-0.25, -0.2) is 0 Å². The summed E-state index contributed by atoms with van der Waals surface area (Å²) in [6.07, 6.45) is 20.2. The van der Waals surface area contributed by atoms with Crippen LogP contribution in [0.2, 0.25) is 0 Å². The Labute approximate surface area is 249 Å². The zero-order valence-corrected chi connectivity index (χ0v) is 26.6.